The number of hydrogen-bond donors (Lipinski definition) is 3. The third-order valence-electron chi connectivity index (χ3n) is 2.39. The largest absolute Gasteiger partial charge is 0.377 e. The summed E-state index contributed by atoms with van der Waals surface area (Å²) in [5.41, 5.74) is 2.73. The molecule has 1 aromatic heterocycles. The zero-order valence-corrected chi connectivity index (χ0v) is 12.2. The molecule has 0 aliphatic carbocycles. The molecule has 0 saturated heterocycles. The van der Waals surface area contributed by atoms with Crippen molar-refractivity contribution in [2.24, 2.45) is 5.84 Å². The molecule has 0 unspecified atom stereocenters. The first-order valence-corrected chi connectivity index (χ1v) is 6.47. The van der Waals surface area contributed by atoms with E-state index in [-0.39, 0.29) is 6.61 Å². The van der Waals surface area contributed by atoms with Crippen molar-refractivity contribution in [3.8, 4) is 0 Å². The first kappa shape index (κ1) is 14.6. The van der Waals surface area contributed by atoms with Crippen molar-refractivity contribution >= 4 is 33.3 Å². The van der Waals surface area contributed by atoms with Crippen LogP contribution in [-0.4, -0.2) is 17.1 Å². The molecule has 20 heavy (non-hydrogen) atoms. The van der Waals surface area contributed by atoms with Gasteiger partial charge in [0.2, 0.25) is 0 Å². The number of halogens is 2. The van der Waals surface area contributed by atoms with Crippen LogP contribution in [0.4, 0.5) is 21.7 Å². The lowest BCUT2D eigenvalue weighted by atomic mass is 10.3. The van der Waals surface area contributed by atoms with Crippen LogP contribution in [0.3, 0.4) is 0 Å². The Morgan fingerprint density at radius 2 is 2.05 bits per heavy atom. The summed E-state index contributed by atoms with van der Waals surface area (Å²) >= 11 is 3.20. The number of hydrogen-bond acceptors (Lipinski definition) is 6. The molecule has 0 spiro atoms. The quantitative estimate of drug-likeness (QED) is 0.572. The highest BCUT2D eigenvalue weighted by atomic mass is 79.9. The third kappa shape index (κ3) is 3.62. The van der Waals surface area contributed by atoms with E-state index in [1.54, 1.807) is 18.2 Å². The average molecular weight is 342 g/mol. The summed E-state index contributed by atoms with van der Waals surface area (Å²) in [6, 6.07) is 6.26. The molecule has 0 fully saturated rings. The van der Waals surface area contributed by atoms with Gasteiger partial charge in [-0.3, -0.25) is 0 Å². The van der Waals surface area contributed by atoms with Crippen molar-refractivity contribution in [2.45, 2.75) is 6.61 Å². The van der Waals surface area contributed by atoms with Crippen LogP contribution in [0, 0.1) is 5.82 Å². The molecule has 1 heterocycles. The number of hydrazine groups is 1. The van der Waals surface area contributed by atoms with Gasteiger partial charge in [-0.2, -0.15) is 0 Å². The summed E-state index contributed by atoms with van der Waals surface area (Å²) in [5.74, 6) is 6.20. The zero-order chi connectivity index (χ0) is 14.5. The van der Waals surface area contributed by atoms with E-state index < -0.39 is 5.82 Å². The second kappa shape index (κ2) is 6.60. The van der Waals surface area contributed by atoms with Crippen LogP contribution in [0.2, 0.25) is 0 Å². The maximum Gasteiger partial charge on any atom is 0.158 e. The second-order valence-corrected chi connectivity index (χ2v) is 4.80. The highest BCUT2D eigenvalue weighted by Crippen LogP contribution is 2.23. The molecule has 0 aliphatic rings. The van der Waals surface area contributed by atoms with E-state index in [1.165, 1.54) is 13.2 Å². The molecule has 6 nitrogen and oxygen atoms in total. The van der Waals surface area contributed by atoms with E-state index in [4.69, 9.17) is 10.6 Å². The molecule has 8 heteroatoms. The molecule has 1 aromatic carbocycles. The molecule has 106 valence electrons. The number of methoxy groups -OCH3 is 1. The molecule has 0 radical (unpaired) electrons. The van der Waals surface area contributed by atoms with Gasteiger partial charge in [-0.1, -0.05) is 15.9 Å². The first-order chi connectivity index (χ1) is 9.62. The lowest BCUT2D eigenvalue weighted by Crippen LogP contribution is -2.12. The molecule has 0 bridgehead atoms. The number of aromatic nitrogens is 2. The van der Waals surface area contributed by atoms with E-state index in [0.29, 0.717) is 27.6 Å². The van der Waals surface area contributed by atoms with Crippen LogP contribution >= 0.6 is 15.9 Å². The summed E-state index contributed by atoms with van der Waals surface area (Å²) in [4.78, 5) is 8.32. The lowest BCUT2D eigenvalue weighted by molar-refractivity contribution is 0.178. The third-order valence-corrected chi connectivity index (χ3v) is 2.88. The van der Waals surface area contributed by atoms with Gasteiger partial charge in [0.05, 0.1) is 5.69 Å². The van der Waals surface area contributed by atoms with Gasteiger partial charge in [-0.05, 0) is 18.2 Å². The summed E-state index contributed by atoms with van der Waals surface area (Å²) in [6.45, 7) is 0.229. The Bertz CT molecular complexity index is 610. The normalized spacial score (nSPS) is 10.4. The van der Waals surface area contributed by atoms with Crippen LogP contribution in [0.15, 0.2) is 28.7 Å². The zero-order valence-electron chi connectivity index (χ0n) is 10.7. The van der Waals surface area contributed by atoms with Crippen LogP contribution < -0.4 is 16.6 Å². The molecule has 2 aromatic rings. The van der Waals surface area contributed by atoms with Crippen molar-refractivity contribution in [3.63, 3.8) is 0 Å². The van der Waals surface area contributed by atoms with Crippen LogP contribution in [0.5, 0.6) is 0 Å². The van der Waals surface area contributed by atoms with Gasteiger partial charge in [-0.15, -0.1) is 0 Å². The Labute approximate surface area is 123 Å². The standard InChI is InChI=1S/C12H13BrFN5O/c1-20-6-12-17-10(5-11(18-12)19-15)16-9-3-2-7(13)4-8(9)14/h2-5H,6,15H2,1H3,(H2,16,17,18,19). The van der Waals surface area contributed by atoms with E-state index in [9.17, 15) is 4.39 Å². The maximum absolute atomic E-state index is 13.8. The Kier molecular flexibility index (Phi) is 4.83. The Morgan fingerprint density at radius 1 is 1.30 bits per heavy atom. The predicted molar refractivity (Wildman–Crippen MR) is 77.9 cm³/mol. The minimum absolute atomic E-state index is 0.229. The smallest absolute Gasteiger partial charge is 0.158 e. The fourth-order valence-electron chi connectivity index (χ4n) is 1.56. The van der Waals surface area contributed by atoms with E-state index in [2.05, 4.69) is 36.6 Å². The van der Waals surface area contributed by atoms with Crippen molar-refractivity contribution in [1.29, 1.82) is 0 Å². The molecule has 4 N–H and O–H groups in total. The topological polar surface area (TPSA) is 85.1 Å². The molecule has 0 saturated carbocycles. The molecule has 2 rings (SSSR count). The highest BCUT2D eigenvalue weighted by Gasteiger charge is 2.07. The summed E-state index contributed by atoms with van der Waals surface area (Å²) in [6.07, 6.45) is 0. The first-order valence-electron chi connectivity index (χ1n) is 5.68. The van der Waals surface area contributed by atoms with Gasteiger partial charge in [0, 0.05) is 17.6 Å². The maximum atomic E-state index is 13.8. The number of nitrogen functional groups attached to an aromatic ring is 1. The second-order valence-electron chi connectivity index (χ2n) is 3.88. The number of nitrogens with two attached hydrogens (primary N) is 1. The van der Waals surface area contributed by atoms with E-state index in [0.717, 1.165) is 0 Å². The van der Waals surface area contributed by atoms with Crippen LogP contribution in [-0.2, 0) is 11.3 Å². The number of rotatable bonds is 5. The van der Waals surface area contributed by atoms with Crippen molar-refractivity contribution in [2.75, 3.05) is 17.9 Å². The number of benzene rings is 1. The number of ether oxygens (including phenoxy) is 1. The fourth-order valence-corrected chi connectivity index (χ4v) is 1.89. The summed E-state index contributed by atoms with van der Waals surface area (Å²) in [5, 5.41) is 2.87. The highest BCUT2D eigenvalue weighted by molar-refractivity contribution is 9.10. The minimum Gasteiger partial charge on any atom is -0.377 e. The molecule has 0 aliphatic heterocycles. The molecule has 0 atom stereocenters. The Morgan fingerprint density at radius 3 is 2.70 bits per heavy atom. The SMILES string of the molecule is COCc1nc(NN)cc(Nc2ccc(Br)cc2F)n1. The molecule has 0 amide bonds. The van der Waals surface area contributed by atoms with Gasteiger partial charge in [0.25, 0.3) is 0 Å². The molecular formula is C12H13BrFN5O. The Hall–Kier alpha value is -1.77. The number of anilines is 3. The Balaban J connectivity index is 2.29. The van der Waals surface area contributed by atoms with E-state index in [1.807, 2.05) is 0 Å². The lowest BCUT2D eigenvalue weighted by Gasteiger charge is -2.10. The predicted octanol–water partition coefficient (Wildman–Crippen LogP) is 2.55. The number of nitrogens with one attached hydrogen (secondary N) is 2. The monoisotopic (exact) mass is 341 g/mol. The molecular weight excluding hydrogens is 329 g/mol. The minimum atomic E-state index is -0.395. The average Bonchev–Trinajstić information content (AvgIpc) is 2.42. The fraction of sp³-hybridized carbons (Fsp3) is 0.167. The van der Waals surface area contributed by atoms with Crippen LogP contribution in [0.1, 0.15) is 5.82 Å². The summed E-state index contributed by atoms with van der Waals surface area (Å²) in [7, 11) is 1.54. The van der Waals surface area contributed by atoms with Crippen LogP contribution in [0.25, 0.3) is 0 Å². The van der Waals surface area contributed by atoms with Gasteiger partial charge < -0.3 is 15.5 Å². The van der Waals surface area contributed by atoms with Crippen molar-refractivity contribution in [3.05, 3.63) is 40.4 Å². The van der Waals surface area contributed by atoms with E-state index >= 15 is 0 Å². The van der Waals surface area contributed by atoms with Gasteiger partial charge >= 0.3 is 0 Å². The number of nitrogens with zero attached hydrogens (tertiary/aromatic N) is 2. The summed E-state index contributed by atoms with van der Waals surface area (Å²) < 4.78 is 19.4. The van der Waals surface area contributed by atoms with Gasteiger partial charge in [0.15, 0.2) is 5.82 Å². The van der Waals surface area contributed by atoms with Gasteiger partial charge in [-0.25, -0.2) is 20.2 Å². The van der Waals surface area contributed by atoms with Gasteiger partial charge in [0.1, 0.15) is 24.1 Å². The van der Waals surface area contributed by atoms with Crippen molar-refractivity contribution in [1.82, 2.24) is 9.97 Å². The van der Waals surface area contributed by atoms with Crippen molar-refractivity contribution < 1.29 is 9.13 Å².